The van der Waals surface area contributed by atoms with Crippen LogP contribution in [0.4, 0.5) is 11.4 Å². The summed E-state index contributed by atoms with van der Waals surface area (Å²) < 4.78 is 46.8. The van der Waals surface area contributed by atoms with Crippen molar-refractivity contribution in [2.75, 3.05) is 56.0 Å². The monoisotopic (exact) mass is 1270 g/mol. The molecule has 4 aromatic heterocycles. The van der Waals surface area contributed by atoms with E-state index < -0.39 is 5.97 Å². The smallest absolute Gasteiger partial charge is 0.330 e. The molecular formula is C66H75BrN10O11. The lowest BCUT2D eigenvalue weighted by atomic mass is 10.2. The van der Waals surface area contributed by atoms with Gasteiger partial charge in [0.15, 0.2) is 0 Å². The van der Waals surface area contributed by atoms with Crippen molar-refractivity contribution >= 4 is 75.4 Å². The fourth-order valence-electron chi connectivity index (χ4n) is 6.94. The number of aromatic nitrogens is 8. The van der Waals surface area contributed by atoms with Gasteiger partial charge in [0.2, 0.25) is 5.91 Å². The number of para-hydroxylation sites is 6. The van der Waals surface area contributed by atoms with Crippen LogP contribution in [0.25, 0.3) is 24.3 Å². The van der Waals surface area contributed by atoms with Gasteiger partial charge in [0.05, 0.1) is 75.6 Å². The summed E-state index contributed by atoms with van der Waals surface area (Å²) in [5, 5.41) is 31.1. The first-order valence-electron chi connectivity index (χ1n) is 28.8. The Morgan fingerprint density at radius 1 is 0.534 bits per heavy atom. The molecule has 4 heterocycles. The van der Waals surface area contributed by atoms with Gasteiger partial charge >= 0.3 is 17.9 Å². The molecule has 5 aromatic carbocycles. The second kappa shape index (κ2) is 41.3. The van der Waals surface area contributed by atoms with E-state index in [1.165, 1.54) is 24.3 Å². The number of H-pyrrole nitrogens is 1. The molecule has 0 bridgehead atoms. The first kappa shape index (κ1) is 66.4. The Balaban J connectivity index is 0.000000304. The molecule has 0 spiro atoms. The zero-order valence-electron chi connectivity index (χ0n) is 50.8. The average Bonchev–Trinajstić information content (AvgIpc) is 4.15. The van der Waals surface area contributed by atoms with Crippen molar-refractivity contribution in [3.05, 3.63) is 242 Å². The molecule has 462 valence electrons. The summed E-state index contributed by atoms with van der Waals surface area (Å²) in [6, 6.07) is 45.7. The molecular weight excluding hydrogens is 1190 g/mol. The molecule has 0 saturated heterocycles. The number of halogens is 1. The number of carboxylic acid groups (broad SMARTS) is 1. The minimum absolute atomic E-state index is 0. The number of benzene rings is 5. The Hall–Kier alpha value is -10.7. The molecule has 0 saturated carbocycles. The number of nitrogens with one attached hydrogen (secondary N) is 2. The molecule has 0 radical (unpaired) electrons. The molecule has 0 aliphatic heterocycles. The predicted octanol–water partition coefficient (Wildman–Crippen LogP) is 11.7. The van der Waals surface area contributed by atoms with E-state index in [0.29, 0.717) is 64.0 Å². The number of carboxylic acids is 1. The van der Waals surface area contributed by atoms with Crippen molar-refractivity contribution in [2.45, 2.75) is 33.5 Å². The number of ether oxygens (including phenoxy) is 6. The van der Waals surface area contributed by atoms with Gasteiger partial charge in [0.25, 0.3) is 0 Å². The highest BCUT2D eigenvalue weighted by Gasteiger charge is 2.04. The average molecular weight is 1270 g/mol. The van der Waals surface area contributed by atoms with Crippen molar-refractivity contribution < 1.29 is 57.1 Å². The third kappa shape index (κ3) is 29.7. The molecule has 5 N–H and O–H groups in total. The number of nitrogens with two attached hydrogens (primary N) is 1. The number of hydrogen-bond acceptors (Lipinski definition) is 15. The first-order chi connectivity index (χ1) is 44.0. The maximum absolute atomic E-state index is 12.0. The third-order valence-corrected chi connectivity index (χ3v) is 11.3. The van der Waals surface area contributed by atoms with Crippen molar-refractivity contribution in [1.29, 1.82) is 0 Å². The quantitative estimate of drug-likeness (QED) is 0.0170. The molecule has 88 heavy (non-hydrogen) atoms. The summed E-state index contributed by atoms with van der Waals surface area (Å²) in [7, 11) is 0. The lowest BCUT2D eigenvalue weighted by Crippen LogP contribution is -2.09. The van der Waals surface area contributed by atoms with E-state index in [4.69, 9.17) is 37.5 Å². The Kier molecular flexibility index (Phi) is 31.2. The van der Waals surface area contributed by atoms with E-state index in [-0.39, 0.29) is 19.3 Å². The molecule has 0 fully saturated rings. The Labute approximate surface area is 524 Å². The first-order valence-corrected chi connectivity index (χ1v) is 28.9. The number of rotatable bonds is 26. The molecule has 21 nitrogen and oxygen atoms in total. The molecule has 22 heteroatoms. The van der Waals surface area contributed by atoms with Crippen molar-refractivity contribution in [2.24, 2.45) is 0 Å². The number of aliphatic carboxylic acids is 1. The number of alkyl halides is 1. The normalized spacial score (nSPS) is 10.6. The summed E-state index contributed by atoms with van der Waals surface area (Å²) in [6.45, 7) is 8.47. The number of anilines is 2. The van der Waals surface area contributed by atoms with Gasteiger partial charge in [0, 0.05) is 81.1 Å². The van der Waals surface area contributed by atoms with E-state index in [9.17, 15) is 19.2 Å². The van der Waals surface area contributed by atoms with E-state index in [0.717, 1.165) is 63.3 Å². The number of aromatic amines is 1. The summed E-state index contributed by atoms with van der Waals surface area (Å²) in [4.78, 5) is 44.3. The predicted molar refractivity (Wildman–Crippen MR) is 348 cm³/mol. The standard InChI is InChI=1S/C20H20N4O2.C16H18N2O3.C14H14N2O3.C8H9BrO.C8H10N2O2.2H2/c21-18-8-4-5-9-19(18)23-20(25)11-10-16-14-22-24(15-16)12-13-26-17-6-2-1-3-7-17;1-2-20-16(19)9-8-14-12-17-18(13-14)10-11-21-15-6-4-3-5-7-15;17-14(18)7-6-12-10-15-16(11-12)8-9-19-13-4-2-1-3-5-13;9-6-7-10-8-4-2-1-3-5-8;1-2-12-8(11)4-3-7-5-9-10-6-7;;/h1-11,14-15H,12-13,21H2,(H,23,25);3-9,12-13H,2,10-11H2,1H3;1-7,10-11H,8-9H2,(H,17,18);1-5H,6-7H2;3-6H,2H2,1H3,(H,9,10);2*1H/b11-10+;9-8+;7-6+;;4-3+;;/i;;;;;1+1D;1+1. The summed E-state index contributed by atoms with van der Waals surface area (Å²) in [5.41, 5.74) is 10.2. The van der Waals surface area contributed by atoms with Gasteiger partial charge in [0.1, 0.15) is 42.8 Å². The van der Waals surface area contributed by atoms with Gasteiger partial charge in [-0.2, -0.15) is 20.4 Å². The fourth-order valence-corrected chi connectivity index (χ4v) is 7.11. The largest absolute Gasteiger partial charge is 0.493 e. The number of hydrogen-bond donors (Lipinski definition) is 4. The Bertz CT molecular complexity index is 3520. The van der Waals surface area contributed by atoms with Crippen LogP contribution in [0.1, 0.15) is 40.5 Å². The molecule has 0 aliphatic carbocycles. The van der Waals surface area contributed by atoms with Crippen molar-refractivity contribution in [3.8, 4) is 23.0 Å². The molecule has 1 amide bonds. The van der Waals surface area contributed by atoms with Gasteiger partial charge in [-0.3, -0.25) is 23.9 Å². The Morgan fingerprint density at radius 2 is 0.909 bits per heavy atom. The lowest BCUT2D eigenvalue weighted by Gasteiger charge is -2.05. The molecule has 0 unspecified atom stereocenters. The van der Waals surface area contributed by atoms with Crippen LogP contribution >= 0.6 is 15.9 Å². The van der Waals surface area contributed by atoms with E-state index in [1.807, 2.05) is 146 Å². The summed E-state index contributed by atoms with van der Waals surface area (Å²) >= 11 is 3.28. The minimum atomic E-state index is -0.972. The fraction of sp³-hybridized carbons (Fsp3) is 0.182. The zero-order chi connectivity index (χ0) is 64.7. The number of nitrogen functional groups attached to an aromatic ring is 1. The number of amides is 1. The van der Waals surface area contributed by atoms with Gasteiger partial charge in [-0.15, -0.1) is 0 Å². The van der Waals surface area contributed by atoms with E-state index >= 15 is 0 Å². The number of carbonyl (C=O) groups excluding carboxylic acids is 3. The van der Waals surface area contributed by atoms with Gasteiger partial charge in [-0.25, -0.2) is 14.4 Å². The van der Waals surface area contributed by atoms with Gasteiger partial charge in [-0.05, 0) is 98.8 Å². The highest BCUT2D eigenvalue weighted by Crippen LogP contribution is 2.17. The molecule has 9 rings (SSSR count). The van der Waals surface area contributed by atoms with Crippen LogP contribution in [-0.4, -0.2) is 113 Å². The highest BCUT2D eigenvalue weighted by molar-refractivity contribution is 9.09. The van der Waals surface area contributed by atoms with Crippen LogP contribution in [0, 0.1) is 0 Å². The van der Waals surface area contributed by atoms with Gasteiger partial charge < -0.3 is 44.6 Å². The number of carbonyl (C=O) groups is 4. The maximum atomic E-state index is 12.0. The van der Waals surface area contributed by atoms with Crippen molar-refractivity contribution in [1.82, 2.24) is 39.5 Å². The Morgan fingerprint density at radius 3 is 1.28 bits per heavy atom. The minimum Gasteiger partial charge on any atom is -0.493 e. The number of nitrogens with zero attached hydrogens (tertiary/aromatic N) is 7. The van der Waals surface area contributed by atoms with Crippen LogP contribution in [-0.2, 0) is 48.3 Å². The van der Waals surface area contributed by atoms with Crippen LogP contribution in [0.5, 0.6) is 23.0 Å². The van der Waals surface area contributed by atoms with Crippen LogP contribution in [0.15, 0.2) is 219 Å². The van der Waals surface area contributed by atoms with Gasteiger partial charge in [-0.1, -0.05) is 101 Å². The third-order valence-electron chi connectivity index (χ3n) is 11.0. The second-order valence-electron chi connectivity index (χ2n) is 17.7. The second-order valence-corrected chi connectivity index (χ2v) is 18.5. The van der Waals surface area contributed by atoms with Crippen LogP contribution in [0.3, 0.4) is 0 Å². The topological polar surface area (TPSA) is 264 Å². The summed E-state index contributed by atoms with van der Waals surface area (Å²) in [5.74, 6) is 1.52. The van der Waals surface area contributed by atoms with E-state index in [2.05, 4.69) is 51.5 Å². The SMILES string of the molecule is BrCCOc1ccccc1.CCOC(=O)/C=C/c1cn[nH]c1.CCOC(=O)/C=C/c1cnn(CCOc2ccccc2)c1.Nc1ccccc1NC(=O)/C=C/c1cnn(CCOc2ccccc2)c1.O=C(O)/C=C/c1cnn(CCOc2ccccc2)c1.[2HH].[2H][2H]. The molecule has 0 atom stereocenters. The van der Waals surface area contributed by atoms with E-state index in [1.54, 1.807) is 95.4 Å². The molecule has 0 aliphatic rings. The number of esters is 2. The van der Waals surface area contributed by atoms with Crippen molar-refractivity contribution in [3.63, 3.8) is 0 Å². The zero-order valence-corrected chi connectivity index (χ0v) is 50.4. The molecule has 9 aromatic rings. The summed E-state index contributed by atoms with van der Waals surface area (Å²) in [6.07, 6.45) is 25.6. The highest BCUT2D eigenvalue weighted by atomic mass is 79.9. The lowest BCUT2D eigenvalue weighted by molar-refractivity contribution is -0.138. The van der Waals surface area contributed by atoms with Crippen LogP contribution < -0.4 is 30.0 Å². The van der Waals surface area contributed by atoms with Crippen LogP contribution in [0.2, 0.25) is 0 Å². The maximum Gasteiger partial charge on any atom is 0.330 e.